The molecule has 1 aromatic carbocycles. The predicted molar refractivity (Wildman–Crippen MR) is 73.8 cm³/mol. The van der Waals surface area contributed by atoms with Crippen molar-refractivity contribution >= 4 is 5.91 Å². The standard InChI is InChI=1S/C15H18FNO3/c1-20-10-4-8-17-15(19)13-7-6-12(11-14(13)16)5-2-3-9-18/h6-7,11,18H,3-4,8-10H2,1H3,(H,17,19). The fourth-order valence-electron chi connectivity index (χ4n) is 1.51. The first-order chi connectivity index (χ1) is 9.69. The highest BCUT2D eigenvalue weighted by atomic mass is 19.1. The van der Waals surface area contributed by atoms with Crippen LogP contribution in [0.3, 0.4) is 0 Å². The summed E-state index contributed by atoms with van der Waals surface area (Å²) in [5, 5.41) is 11.2. The maximum atomic E-state index is 13.8. The molecule has 0 saturated heterocycles. The Labute approximate surface area is 117 Å². The van der Waals surface area contributed by atoms with E-state index in [0.717, 1.165) is 0 Å². The van der Waals surface area contributed by atoms with Gasteiger partial charge in [-0.1, -0.05) is 11.8 Å². The molecule has 0 heterocycles. The van der Waals surface area contributed by atoms with Gasteiger partial charge in [0.1, 0.15) is 5.82 Å². The molecule has 1 aromatic rings. The number of amides is 1. The van der Waals surface area contributed by atoms with Crippen LogP contribution >= 0.6 is 0 Å². The summed E-state index contributed by atoms with van der Waals surface area (Å²) in [6.07, 6.45) is 1.01. The topological polar surface area (TPSA) is 58.6 Å². The van der Waals surface area contributed by atoms with Gasteiger partial charge < -0.3 is 15.2 Å². The third-order valence-electron chi connectivity index (χ3n) is 2.49. The van der Waals surface area contributed by atoms with Crippen molar-refractivity contribution in [3.8, 4) is 11.8 Å². The molecule has 0 fully saturated rings. The zero-order valence-electron chi connectivity index (χ0n) is 11.4. The lowest BCUT2D eigenvalue weighted by molar-refractivity contribution is 0.0944. The Morgan fingerprint density at radius 3 is 2.95 bits per heavy atom. The summed E-state index contributed by atoms with van der Waals surface area (Å²) >= 11 is 0. The Morgan fingerprint density at radius 2 is 2.30 bits per heavy atom. The van der Waals surface area contributed by atoms with Gasteiger partial charge in [0, 0.05) is 32.2 Å². The number of ether oxygens (including phenoxy) is 1. The lowest BCUT2D eigenvalue weighted by Gasteiger charge is -2.06. The second-order valence-corrected chi connectivity index (χ2v) is 4.07. The lowest BCUT2D eigenvalue weighted by atomic mass is 10.1. The summed E-state index contributed by atoms with van der Waals surface area (Å²) in [6, 6.07) is 4.20. The number of rotatable bonds is 6. The van der Waals surface area contributed by atoms with Gasteiger partial charge in [-0.3, -0.25) is 4.79 Å². The predicted octanol–water partition coefficient (Wildman–Crippen LogP) is 1.33. The molecular formula is C15H18FNO3. The van der Waals surface area contributed by atoms with Crippen molar-refractivity contribution in [3.05, 3.63) is 35.1 Å². The first-order valence-electron chi connectivity index (χ1n) is 6.35. The molecule has 0 saturated carbocycles. The molecular weight excluding hydrogens is 261 g/mol. The number of hydrogen-bond donors (Lipinski definition) is 2. The smallest absolute Gasteiger partial charge is 0.254 e. The van der Waals surface area contributed by atoms with Crippen LogP contribution in [-0.2, 0) is 4.74 Å². The van der Waals surface area contributed by atoms with Crippen LogP contribution < -0.4 is 5.32 Å². The van der Waals surface area contributed by atoms with E-state index in [1.807, 2.05) is 0 Å². The largest absolute Gasteiger partial charge is 0.395 e. The maximum Gasteiger partial charge on any atom is 0.254 e. The van der Waals surface area contributed by atoms with Crippen LogP contribution in [0.2, 0.25) is 0 Å². The van der Waals surface area contributed by atoms with Crippen LogP contribution in [0.15, 0.2) is 18.2 Å². The average Bonchev–Trinajstić information content (AvgIpc) is 2.44. The van der Waals surface area contributed by atoms with Crippen LogP contribution in [0.4, 0.5) is 4.39 Å². The molecule has 0 aromatic heterocycles. The molecule has 108 valence electrons. The minimum Gasteiger partial charge on any atom is -0.395 e. The Kier molecular flexibility index (Phi) is 7.33. The quantitative estimate of drug-likeness (QED) is 0.610. The van der Waals surface area contributed by atoms with Crippen molar-refractivity contribution in [3.63, 3.8) is 0 Å². The molecule has 2 N–H and O–H groups in total. The molecule has 0 unspecified atom stereocenters. The van der Waals surface area contributed by atoms with E-state index in [9.17, 15) is 9.18 Å². The van der Waals surface area contributed by atoms with Crippen LogP contribution in [-0.4, -0.2) is 37.9 Å². The molecule has 0 spiro atoms. The lowest BCUT2D eigenvalue weighted by Crippen LogP contribution is -2.26. The fourth-order valence-corrected chi connectivity index (χ4v) is 1.51. The van der Waals surface area contributed by atoms with Gasteiger partial charge in [-0.25, -0.2) is 4.39 Å². The second-order valence-electron chi connectivity index (χ2n) is 4.07. The van der Waals surface area contributed by atoms with Crippen LogP contribution in [0.1, 0.15) is 28.8 Å². The number of hydrogen-bond acceptors (Lipinski definition) is 3. The molecule has 0 aliphatic carbocycles. The number of aliphatic hydroxyl groups excluding tert-OH is 1. The highest BCUT2D eigenvalue weighted by molar-refractivity contribution is 5.94. The van der Waals surface area contributed by atoms with Gasteiger partial charge in [-0.15, -0.1) is 0 Å². The highest BCUT2D eigenvalue weighted by Gasteiger charge is 2.11. The summed E-state index contributed by atoms with van der Waals surface area (Å²) < 4.78 is 18.6. The molecule has 20 heavy (non-hydrogen) atoms. The van der Waals surface area contributed by atoms with Crippen molar-refractivity contribution in [1.82, 2.24) is 5.32 Å². The van der Waals surface area contributed by atoms with Crippen LogP contribution in [0.5, 0.6) is 0 Å². The van der Waals surface area contributed by atoms with Crippen molar-refractivity contribution < 1.29 is 19.0 Å². The zero-order chi connectivity index (χ0) is 14.8. The summed E-state index contributed by atoms with van der Waals surface area (Å²) in [6.45, 7) is 0.948. The van der Waals surface area contributed by atoms with E-state index in [4.69, 9.17) is 9.84 Å². The Morgan fingerprint density at radius 1 is 1.50 bits per heavy atom. The molecule has 4 nitrogen and oxygen atoms in total. The second kappa shape index (κ2) is 9.08. The number of methoxy groups -OCH3 is 1. The Hall–Kier alpha value is -1.90. The van der Waals surface area contributed by atoms with Gasteiger partial charge >= 0.3 is 0 Å². The van der Waals surface area contributed by atoms with Gasteiger partial charge in [0.2, 0.25) is 0 Å². The molecule has 1 rings (SSSR count). The third kappa shape index (κ3) is 5.39. The van der Waals surface area contributed by atoms with E-state index < -0.39 is 11.7 Å². The summed E-state index contributed by atoms with van der Waals surface area (Å²) in [5.74, 6) is 4.35. The van der Waals surface area contributed by atoms with Crippen molar-refractivity contribution in [2.45, 2.75) is 12.8 Å². The third-order valence-corrected chi connectivity index (χ3v) is 2.49. The molecule has 0 radical (unpaired) electrons. The summed E-state index contributed by atoms with van der Waals surface area (Å²) in [4.78, 5) is 11.7. The molecule has 5 heteroatoms. The number of nitrogens with one attached hydrogen (secondary N) is 1. The average molecular weight is 279 g/mol. The molecule has 1 amide bonds. The van der Waals surface area contributed by atoms with E-state index in [1.165, 1.54) is 12.1 Å². The maximum absolute atomic E-state index is 13.8. The van der Waals surface area contributed by atoms with E-state index >= 15 is 0 Å². The van der Waals surface area contributed by atoms with Gasteiger partial charge in [0.05, 0.1) is 12.2 Å². The first-order valence-corrected chi connectivity index (χ1v) is 6.35. The van der Waals surface area contributed by atoms with E-state index in [0.29, 0.717) is 31.6 Å². The fraction of sp³-hybridized carbons (Fsp3) is 0.400. The number of aliphatic hydroxyl groups is 1. The monoisotopic (exact) mass is 279 g/mol. The number of carbonyl (C=O) groups excluding carboxylic acids is 1. The minimum atomic E-state index is -0.606. The molecule has 0 aliphatic rings. The van der Waals surface area contributed by atoms with Gasteiger partial charge in [-0.2, -0.15) is 0 Å². The first kappa shape index (κ1) is 16.2. The van der Waals surface area contributed by atoms with Gasteiger partial charge in [-0.05, 0) is 24.6 Å². The van der Waals surface area contributed by atoms with E-state index in [2.05, 4.69) is 17.2 Å². The van der Waals surface area contributed by atoms with E-state index in [-0.39, 0.29) is 12.2 Å². The van der Waals surface area contributed by atoms with Crippen molar-refractivity contribution in [2.24, 2.45) is 0 Å². The number of halogens is 1. The van der Waals surface area contributed by atoms with Crippen molar-refractivity contribution in [2.75, 3.05) is 26.9 Å². The normalized spacial score (nSPS) is 9.75. The van der Waals surface area contributed by atoms with Crippen LogP contribution in [0.25, 0.3) is 0 Å². The number of benzene rings is 1. The SMILES string of the molecule is COCCCNC(=O)c1ccc(C#CCCO)cc1F. The highest BCUT2D eigenvalue weighted by Crippen LogP contribution is 2.10. The molecule has 0 bridgehead atoms. The minimum absolute atomic E-state index is 0.00451. The molecule has 0 aliphatic heterocycles. The number of carbonyl (C=O) groups is 1. The Balaban J connectivity index is 2.63. The molecule has 0 atom stereocenters. The summed E-state index contributed by atoms with van der Waals surface area (Å²) in [5.41, 5.74) is 0.474. The Bertz CT molecular complexity index is 506. The summed E-state index contributed by atoms with van der Waals surface area (Å²) in [7, 11) is 1.58. The van der Waals surface area contributed by atoms with E-state index in [1.54, 1.807) is 13.2 Å². The van der Waals surface area contributed by atoms with Crippen molar-refractivity contribution in [1.29, 1.82) is 0 Å². The van der Waals surface area contributed by atoms with Crippen LogP contribution in [0, 0.1) is 17.7 Å². The van der Waals surface area contributed by atoms with Gasteiger partial charge in [0.25, 0.3) is 5.91 Å². The zero-order valence-corrected chi connectivity index (χ0v) is 11.4. The van der Waals surface area contributed by atoms with Gasteiger partial charge in [0.15, 0.2) is 0 Å².